The molecule has 14 heavy (non-hydrogen) atoms. The molecule has 2 aliphatic carbocycles. The van der Waals surface area contributed by atoms with Crippen LogP contribution in [-0.2, 0) is 0 Å². The minimum Gasteiger partial charge on any atom is -0.0763 e. The molecule has 0 fully saturated rings. The van der Waals surface area contributed by atoms with Gasteiger partial charge in [-0.25, -0.2) is 0 Å². The Morgan fingerprint density at radius 3 is 2.50 bits per heavy atom. The van der Waals surface area contributed by atoms with Crippen LogP contribution >= 0.6 is 0 Å². The van der Waals surface area contributed by atoms with Crippen molar-refractivity contribution >= 4 is 0 Å². The summed E-state index contributed by atoms with van der Waals surface area (Å²) in [6, 6.07) is 0. The zero-order valence-corrected chi connectivity index (χ0v) is 9.57. The van der Waals surface area contributed by atoms with Gasteiger partial charge in [0.2, 0.25) is 0 Å². The van der Waals surface area contributed by atoms with Crippen LogP contribution in [0.5, 0.6) is 0 Å². The molecule has 2 aliphatic rings. The SMILES string of the molecule is CC1=CC(C)=C2C(=CC1)CC(C)=C2C. The molecule has 0 nitrogen and oxygen atoms in total. The van der Waals surface area contributed by atoms with Crippen molar-refractivity contribution in [3.05, 3.63) is 45.6 Å². The fourth-order valence-corrected chi connectivity index (χ4v) is 2.47. The van der Waals surface area contributed by atoms with Crippen LogP contribution in [0.15, 0.2) is 45.6 Å². The van der Waals surface area contributed by atoms with Gasteiger partial charge in [0.25, 0.3) is 0 Å². The van der Waals surface area contributed by atoms with Crippen LogP contribution < -0.4 is 0 Å². The van der Waals surface area contributed by atoms with Crippen LogP contribution in [-0.4, -0.2) is 0 Å². The zero-order valence-electron chi connectivity index (χ0n) is 9.57. The summed E-state index contributed by atoms with van der Waals surface area (Å²) in [5.74, 6) is 0. The Morgan fingerprint density at radius 1 is 1.07 bits per heavy atom. The van der Waals surface area contributed by atoms with Gasteiger partial charge in [-0.15, -0.1) is 0 Å². The zero-order chi connectivity index (χ0) is 10.3. The molecule has 0 aromatic carbocycles. The third kappa shape index (κ3) is 1.39. The van der Waals surface area contributed by atoms with Gasteiger partial charge in [0.05, 0.1) is 0 Å². The minimum absolute atomic E-state index is 1.12. The maximum Gasteiger partial charge on any atom is -0.00608 e. The first-order valence-corrected chi connectivity index (χ1v) is 5.33. The molecule has 0 aliphatic heterocycles. The first-order valence-electron chi connectivity index (χ1n) is 5.33. The van der Waals surface area contributed by atoms with Gasteiger partial charge in [-0.1, -0.05) is 23.3 Å². The molecule has 0 N–H and O–H groups in total. The molecule has 0 saturated carbocycles. The van der Waals surface area contributed by atoms with E-state index in [1.54, 1.807) is 11.1 Å². The average Bonchev–Trinajstić information content (AvgIpc) is 2.31. The summed E-state index contributed by atoms with van der Waals surface area (Å²) in [6.07, 6.45) is 7.02. The van der Waals surface area contributed by atoms with E-state index in [1.165, 1.54) is 28.7 Å². The summed E-state index contributed by atoms with van der Waals surface area (Å²) in [5, 5.41) is 0. The van der Waals surface area contributed by atoms with E-state index < -0.39 is 0 Å². The Morgan fingerprint density at radius 2 is 1.79 bits per heavy atom. The van der Waals surface area contributed by atoms with Gasteiger partial charge in [-0.3, -0.25) is 0 Å². The van der Waals surface area contributed by atoms with Crippen molar-refractivity contribution in [2.45, 2.75) is 40.5 Å². The van der Waals surface area contributed by atoms with E-state index >= 15 is 0 Å². The van der Waals surface area contributed by atoms with E-state index in [0.717, 1.165) is 6.42 Å². The summed E-state index contributed by atoms with van der Waals surface area (Å²) in [4.78, 5) is 0. The lowest BCUT2D eigenvalue weighted by molar-refractivity contribution is 1.14. The fourth-order valence-electron chi connectivity index (χ4n) is 2.47. The third-order valence-corrected chi connectivity index (χ3v) is 3.32. The van der Waals surface area contributed by atoms with Gasteiger partial charge < -0.3 is 0 Å². The smallest absolute Gasteiger partial charge is 0.00608 e. The third-order valence-electron chi connectivity index (χ3n) is 3.32. The molecule has 74 valence electrons. The Hall–Kier alpha value is -1.04. The van der Waals surface area contributed by atoms with E-state index in [9.17, 15) is 0 Å². The molecule has 0 atom stereocenters. The molecule has 0 unspecified atom stereocenters. The molecule has 0 saturated heterocycles. The van der Waals surface area contributed by atoms with E-state index in [4.69, 9.17) is 0 Å². The second-order valence-corrected chi connectivity index (χ2v) is 4.56. The molecule has 0 bridgehead atoms. The molecule has 0 heteroatoms. The summed E-state index contributed by atoms with van der Waals surface area (Å²) in [6.45, 7) is 8.96. The van der Waals surface area contributed by atoms with Gasteiger partial charge in [-0.2, -0.15) is 0 Å². The predicted molar refractivity (Wildman–Crippen MR) is 62.1 cm³/mol. The quantitative estimate of drug-likeness (QED) is 0.528. The highest BCUT2D eigenvalue weighted by Crippen LogP contribution is 2.39. The molecule has 0 spiro atoms. The highest BCUT2D eigenvalue weighted by molar-refractivity contribution is 5.60. The molecular formula is C14H18. The number of allylic oxidation sites excluding steroid dienone is 8. The lowest BCUT2D eigenvalue weighted by atomic mass is 10.0. The Bertz CT molecular complexity index is 398. The maximum atomic E-state index is 2.40. The monoisotopic (exact) mass is 186 g/mol. The summed E-state index contributed by atoms with van der Waals surface area (Å²) >= 11 is 0. The first kappa shape index (κ1) is 9.51. The summed E-state index contributed by atoms with van der Waals surface area (Å²) in [5.41, 5.74) is 9.02. The van der Waals surface area contributed by atoms with Crippen LogP contribution in [0.3, 0.4) is 0 Å². The van der Waals surface area contributed by atoms with Gasteiger partial charge in [-0.05, 0) is 62.8 Å². The van der Waals surface area contributed by atoms with Crippen LogP contribution in [0, 0.1) is 0 Å². The van der Waals surface area contributed by atoms with E-state index in [-0.39, 0.29) is 0 Å². The van der Waals surface area contributed by atoms with Crippen molar-refractivity contribution in [1.29, 1.82) is 0 Å². The topological polar surface area (TPSA) is 0 Å². The fraction of sp³-hybridized carbons (Fsp3) is 0.429. The minimum atomic E-state index is 1.12. The van der Waals surface area contributed by atoms with Crippen LogP contribution in [0.4, 0.5) is 0 Å². The second kappa shape index (κ2) is 3.27. The van der Waals surface area contributed by atoms with Crippen molar-refractivity contribution in [3.8, 4) is 0 Å². The normalized spacial score (nSPS) is 22.0. The molecule has 0 radical (unpaired) electrons. The highest BCUT2D eigenvalue weighted by Gasteiger charge is 2.20. The standard InChI is InChI=1S/C14H18/c1-9-5-6-13-8-10(2)12(4)14(13)11(3)7-9/h6-7H,5,8H2,1-4H3. The lowest BCUT2D eigenvalue weighted by Gasteiger charge is -2.05. The Labute approximate surface area is 86.7 Å². The number of hydrogen-bond acceptors (Lipinski definition) is 0. The molecular weight excluding hydrogens is 168 g/mol. The molecule has 0 heterocycles. The van der Waals surface area contributed by atoms with E-state index in [1.807, 2.05) is 0 Å². The number of fused-ring (bicyclic) bond motifs is 1. The van der Waals surface area contributed by atoms with Gasteiger partial charge in [0.1, 0.15) is 0 Å². The predicted octanol–water partition coefficient (Wildman–Crippen LogP) is 4.32. The Balaban J connectivity index is 2.58. The molecule has 0 aromatic heterocycles. The number of hydrogen-bond donors (Lipinski definition) is 0. The molecule has 2 rings (SSSR count). The number of rotatable bonds is 0. The Kier molecular flexibility index (Phi) is 2.22. The maximum absolute atomic E-state index is 2.40. The largest absolute Gasteiger partial charge is 0.0763 e. The van der Waals surface area contributed by atoms with Crippen molar-refractivity contribution in [1.82, 2.24) is 0 Å². The van der Waals surface area contributed by atoms with Crippen LogP contribution in [0.25, 0.3) is 0 Å². The summed E-state index contributed by atoms with van der Waals surface area (Å²) in [7, 11) is 0. The first-order chi connectivity index (χ1) is 6.59. The van der Waals surface area contributed by atoms with Gasteiger partial charge in [0, 0.05) is 0 Å². The lowest BCUT2D eigenvalue weighted by Crippen LogP contribution is -1.86. The summed E-state index contributed by atoms with van der Waals surface area (Å²) < 4.78 is 0. The molecule has 0 amide bonds. The van der Waals surface area contributed by atoms with E-state index in [0.29, 0.717) is 0 Å². The van der Waals surface area contributed by atoms with Crippen LogP contribution in [0.1, 0.15) is 40.5 Å². The van der Waals surface area contributed by atoms with Crippen molar-refractivity contribution < 1.29 is 0 Å². The van der Waals surface area contributed by atoms with Gasteiger partial charge in [0.15, 0.2) is 0 Å². The van der Waals surface area contributed by atoms with Gasteiger partial charge >= 0.3 is 0 Å². The highest BCUT2D eigenvalue weighted by atomic mass is 14.3. The second-order valence-electron chi connectivity index (χ2n) is 4.56. The average molecular weight is 186 g/mol. The van der Waals surface area contributed by atoms with Crippen molar-refractivity contribution in [2.75, 3.05) is 0 Å². The van der Waals surface area contributed by atoms with Crippen molar-refractivity contribution in [3.63, 3.8) is 0 Å². The van der Waals surface area contributed by atoms with Crippen LogP contribution in [0.2, 0.25) is 0 Å². The van der Waals surface area contributed by atoms with E-state index in [2.05, 4.69) is 39.8 Å². The van der Waals surface area contributed by atoms with Crippen molar-refractivity contribution in [2.24, 2.45) is 0 Å². The molecule has 0 aromatic rings.